The molecule has 7 heteroatoms. The standard InChI is InChI=1S/C18H23N5O2/c1-13-5-4-6-14(9-13)10-23(15-7-8-15)18(25)16-11-22(20-19-16)12-17(24)21(2)3/h4-6,9,11,15H,7-8,10,12H2,1-3H3. The van der Waals surface area contributed by atoms with Crippen molar-refractivity contribution in [3.8, 4) is 0 Å². The van der Waals surface area contributed by atoms with Gasteiger partial charge < -0.3 is 9.80 Å². The average molecular weight is 341 g/mol. The van der Waals surface area contributed by atoms with E-state index in [-0.39, 0.29) is 30.1 Å². The minimum absolute atomic E-state index is 0.0780. The van der Waals surface area contributed by atoms with Gasteiger partial charge in [-0.3, -0.25) is 9.59 Å². The van der Waals surface area contributed by atoms with Gasteiger partial charge in [-0.15, -0.1) is 5.10 Å². The monoisotopic (exact) mass is 341 g/mol. The van der Waals surface area contributed by atoms with Crippen LogP contribution in [0.15, 0.2) is 30.5 Å². The molecule has 2 aromatic rings. The SMILES string of the molecule is Cc1cccc(CN(C(=O)c2cn(CC(=O)N(C)C)nn2)C2CC2)c1. The van der Waals surface area contributed by atoms with E-state index in [1.807, 2.05) is 30.0 Å². The van der Waals surface area contributed by atoms with Gasteiger partial charge in [0.25, 0.3) is 5.91 Å². The van der Waals surface area contributed by atoms with Gasteiger partial charge in [-0.05, 0) is 25.3 Å². The Morgan fingerprint density at radius 3 is 2.68 bits per heavy atom. The number of amides is 2. The molecule has 0 radical (unpaired) electrons. The van der Waals surface area contributed by atoms with Crippen molar-refractivity contribution in [2.45, 2.75) is 38.9 Å². The zero-order chi connectivity index (χ0) is 18.0. The van der Waals surface area contributed by atoms with Gasteiger partial charge in [-0.1, -0.05) is 35.0 Å². The fraction of sp³-hybridized carbons (Fsp3) is 0.444. The Bertz CT molecular complexity index is 779. The molecule has 1 aliphatic rings. The van der Waals surface area contributed by atoms with Crippen molar-refractivity contribution in [2.75, 3.05) is 14.1 Å². The lowest BCUT2D eigenvalue weighted by Gasteiger charge is -2.21. The van der Waals surface area contributed by atoms with E-state index in [4.69, 9.17) is 0 Å². The molecule has 7 nitrogen and oxygen atoms in total. The highest BCUT2D eigenvalue weighted by Gasteiger charge is 2.34. The van der Waals surface area contributed by atoms with Crippen molar-refractivity contribution < 1.29 is 9.59 Å². The van der Waals surface area contributed by atoms with Crippen LogP contribution in [0.2, 0.25) is 0 Å². The Hall–Kier alpha value is -2.70. The number of hydrogen-bond acceptors (Lipinski definition) is 4. The fourth-order valence-corrected chi connectivity index (χ4v) is 2.66. The second-order valence-electron chi connectivity index (χ2n) is 6.74. The number of carbonyl (C=O) groups is 2. The summed E-state index contributed by atoms with van der Waals surface area (Å²) in [6.07, 6.45) is 3.59. The highest BCUT2D eigenvalue weighted by Crippen LogP contribution is 2.29. The van der Waals surface area contributed by atoms with E-state index < -0.39 is 0 Å². The highest BCUT2D eigenvalue weighted by atomic mass is 16.2. The van der Waals surface area contributed by atoms with Crippen molar-refractivity contribution in [1.82, 2.24) is 24.8 Å². The topological polar surface area (TPSA) is 71.3 Å². The Kier molecular flexibility index (Phi) is 4.83. The number of hydrogen-bond donors (Lipinski definition) is 0. The molecule has 1 fully saturated rings. The van der Waals surface area contributed by atoms with E-state index in [1.165, 1.54) is 15.1 Å². The number of carbonyl (C=O) groups excluding carboxylic acids is 2. The number of rotatable bonds is 6. The van der Waals surface area contributed by atoms with Crippen LogP contribution in [-0.2, 0) is 17.9 Å². The minimum atomic E-state index is -0.132. The van der Waals surface area contributed by atoms with Gasteiger partial charge in [0, 0.05) is 26.7 Å². The number of aryl methyl sites for hydroxylation is 1. The molecule has 3 rings (SSSR count). The zero-order valence-electron chi connectivity index (χ0n) is 14.8. The van der Waals surface area contributed by atoms with Crippen LogP contribution in [0.25, 0.3) is 0 Å². The molecule has 132 valence electrons. The van der Waals surface area contributed by atoms with Crippen molar-refractivity contribution >= 4 is 11.8 Å². The van der Waals surface area contributed by atoms with E-state index in [1.54, 1.807) is 20.3 Å². The van der Waals surface area contributed by atoms with Crippen LogP contribution in [-0.4, -0.2) is 56.7 Å². The minimum Gasteiger partial charge on any atom is -0.347 e. The molecule has 0 N–H and O–H groups in total. The summed E-state index contributed by atoms with van der Waals surface area (Å²) >= 11 is 0. The van der Waals surface area contributed by atoms with Crippen molar-refractivity contribution in [3.63, 3.8) is 0 Å². The van der Waals surface area contributed by atoms with Crippen molar-refractivity contribution in [1.29, 1.82) is 0 Å². The lowest BCUT2D eigenvalue weighted by molar-refractivity contribution is -0.129. The van der Waals surface area contributed by atoms with Gasteiger partial charge in [-0.25, -0.2) is 4.68 Å². The zero-order valence-corrected chi connectivity index (χ0v) is 14.8. The predicted molar refractivity (Wildman–Crippen MR) is 92.8 cm³/mol. The maximum Gasteiger partial charge on any atom is 0.276 e. The summed E-state index contributed by atoms with van der Waals surface area (Å²) in [5.41, 5.74) is 2.57. The first kappa shape index (κ1) is 17.1. The van der Waals surface area contributed by atoms with E-state index in [9.17, 15) is 9.59 Å². The number of aromatic nitrogens is 3. The molecule has 0 aliphatic heterocycles. The van der Waals surface area contributed by atoms with E-state index >= 15 is 0 Å². The second-order valence-corrected chi connectivity index (χ2v) is 6.74. The van der Waals surface area contributed by atoms with Crippen LogP contribution < -0.4 is 0 Å². The molecule has 1 aromatic carbocycles. The Morgan fingerprint density at radius 1 is 1.28 bits per heavy atom. The number of likely N-dealkylation sites (N-methyl/N-ethyl adjacent to an activating group) is 1. The molecule has 1 saturated carbocycles. The summed E-state index contributed by atoms with van der Waals surface area (Å²) < 4.78 is 1.41. The van der Waals surface area contributed by atoms with Crippen LogP contribution in [0.1, 0.15) is 34.5 Å². The van der Waals surface area contributed by atoms with Gasteiger partial charge in [-0.2, -0.15) is 0 Å². The van der Waals surface area contributed by atoms with E-state index in [0.717, 1.165) is 18.4 Å². The van der Waals surface area contributed by atoms with Gasteiger partial charge in [0.2, 0.25) is 5.91 Å². The fourth-order valence-electron chi connectivity index (χ4n) is 2.66. The molecule has 1 aromatic heterocycles. The smallest absolute Gasteiger partial charge is 0.276 e. The first-order valence-corrected chi connectivity index (χ1v) is 8.41. The first-order chi connectivity index (χ1) is 11.9. The Morgan fingerprint density at radius 2 is 2.04 bits per heavy atom. The molecule has 2 amide bonds. The molecular weight excluding hydrogens is 318 g/mol. The molecule has 1 aliphatic carbocycles. The molecular formula is C18H23N5O2. The van der Waals surface area contributed by atoms with Crippen LogP contribution in [0.3, 0.4) is 0 Å². The molecule has 0 unspecified atom stereocenters. The second kappa shape index (κ2) is 7.04. The van der Waals surface area contributed by atoms with Crippen molar-refractivity contribution in [3.05, 3.63) is 47.3 Å². The molecule has 1 heterocycles. The molecule has 0 atom stereocenters. The largest absolute Gasteiger partial charge is 0.347 e. The third-order valence-electron chi connectivity index (χ3n) is 4.24. The average Bonchev–Trinajstić information content (AvgIpc) is 3.31. The summed E-state index contributed by atoms with van der Waals surface area (Å²) in [5.74, 6) is -0.227. The molecule has 0 saturated heterocycles. The number of nitrogens with zero attached hydrogens (tertiary/aromatic N) is 5. The van der Waals surface area contributed by atoms with Crippen LogP contribution in [0, 0.1) is 6.92 Å². The van der Waals surface area contributed by atoms with Crippen LogP contribution in [0.4, 0.5) is 0 Å². The van der Waals surface area contributed by atoms with E-state index in [2.05, 4.69) is 16.4 Å². The van der Waals surface area contributed by atoms with Crippen LogP contribution in [0.5, 0.6) is 0 Å². The molecule has 0 spiro atoms. The lowest BCUT2D eigenvalue weighted by atomic mass is 10.1. The van der Waals surface area contributed by atoms with Gasteiger partial charge in [0.1, 0.15) is 6.54 Å². The lowest BCUT2D eigenvalue weighted by Crippen LogP contribution is -2.33. The Balaban J connectivity index is 1.73. The predicted octanol–water partition coefficient (Wildman–Crippen LogP) is 1.48. The van der Waals surface area contributed by atoms with Gasteiger partial charge in [0.05, 0.1) is 6.20 Å². The molecule has 25 heavy (non-hydrogen) atoms. The van der Waals surface area contributed by atoms with Crippen LogP contribution >= 0.6 is 0 Å². The van der Waals surface area contributed by atoms with Crippen molar-refractivity contribution in [2.24, 2.45) is 0 Å². The quantitative estimate of drug-likeness (QED) is 0.798. The Labute approximate surface area is 147 Å². The van der Waals surface area contributed by atoms with Gasteiger partial charge >= 0.3 is 0 Å². The maximum absolute atomic E-state index is 12.9. The number of benzene rings is 1. The summed E-state index contributed by atoms with van der Waals surface area (Å²) in [6, 6.07) is 8.43. The maximum atomic E-state index is 12.9. The summed E-state index contributed by atoms with van der Waals surface area (Å²) in [4.78, 5) is 28.0. The highest BCUT2D eigenvalue weighted by molar-refractivity contribution is 5.92. The van der Waals surface area contributed by atoms with E-state index in [0.29, 0.717) is 6.54 Å². The normalized spacial score (nSPS) is 13.6. The first-order valence-electron chi connectivity index (χ1n) is 8.41. The third kappa shape index (κ3) is 4.23. The summed E-state index contributed by atoms with van der Waals surface area (Å²) in [5, 5.41) is 7.88. The third-order valence-corrected chi connectivity index (χ3v) is 4.24. The summed E-state index contributed by atoms with van der Waals surface area (Å²) in [7, 11) is 3.37. The van der Waals surface area contributed by atoms with Gasteiger partial charge in [0.15, 0.2) is 5.69 Å². The molecule has 0 bridgehead atoms. The summed E-state index contributed by atoms with van der Waals surface area (Å²) in [6.45, 7) is 2.68.